The number of amides is 1. The van der Waals surface area contributed by atoms with Crippen molar-refractivity contribution in [1.29, 1.82) is 5.26 Å². The van der Waals surface area contributed by atoms with Crippen LogP contribution in [0.4, 0.5) is 0 Å². The van der Waals surface area contributed by atoms with Crippen LogP contribution < -0.4 is 14.8 Å². The average molecular weight is 356 g/mol. The molecule has 1 aromatic rings. The van der Waals surface area contributed by atoms with E-state index >= 15 is 0 Å². The number of ether oxygens (including phenoxy) is 2. The minimum absolute atomic E-state index is 0.169. The Morgan fingerprint density at radius 3 is 2.77 bits per heavy atom. The van der Waals surface area contributed by atoms with Gasteiger partial charge in [-0.3, -0.25) is 9.69 Å². The summed E-state index contributed by atoms with van der Waals surface area (Å²) in [5.74, 6) is 1.31. The molecule has 138 valence electrons. The summed E-state index contributed by atoms with van der Waals surface area (Å²) < 4.78 is 10.8. The Kier molecular flexibility index (Phi) is 5.97. The fourth-order valence-electron chi connectivity index (χ4n) is 3.00. The first-order chi connectivity index (χ1) is 12.7. The third kappa shape index (κ3) is 4.46. The van der Waals surface area contributed by atoms with Crippen LogP contribution in [-0.4, -0.2) is 55.2 Å². The topological polar surface area (TPSA) is 77.8 Å². The highest BCUT2D eigenvalue weighted by Crippen LogP contribution is 2.32. The summed E-state index contributed by atoms with van der Waals surface area (Å²) >= 11 is 0. The predicted octanol–water partition coefficient (Wildman–Crippen LogP) is 1.47. The van der Waals surface area contributed by atoms with E-state index in [1.807, 2.05) is 30.0 Å². The van der Waals surface area contributed by atoms with E-state index < -0.39 is 0 Å². The van der Waals surface area contributed by atoms with Crippen molar-refractivity contribution in [2.45, 2.75) is 19.9 Å². The summed E-state index contributed by atoms with van der Waals surface area (Å²) in [7, 11) is 0. The molecule has 0 spiro atoms. The first-order valence-electron chi connectivity index (χ1n) is 8.94. The van der Waals surface area contributed by atoms with Crippen LogP contribution in [0.15, 0.2) is 30.0 Å². The van der Waals surface area contributed by atoms with Crippen LogP contribution in [0, 0.1) is 11.3 Å². The van der Waals surface area contributed by atoms with Gasteiger partial charge in [-0.25, -0.2) is 0 Å². The zero-order valence-electron chi connectivity index (χ0n) is 15.0. The van der Waals surface area contributed by atoms with Gasteiger partial charge in [0.1, 0.15) is 11.6 Å². The lowest BCUT2D eigenvalue weighted by molar-refractivity contribution is -0.117. The van der Waals surface area contributed by atoms with Crippen LogP contribution in [0.2, 0.25) is 0 Å². The van der Waals surface area contributed by atoms with E-state index in [4.69, 9.17) is 9.47 Å². The number of piperazine rings is 1. The molecule has 2 heterocycles. The van der Waals surface area contributed by atoms with Gasteiger partial charge in [0.25, 0.3) is 5.91 Å². The Labute approximate surface area is 153 Å². The Hall–Kier alpha value is -2.72. The fourth-order valence-corrected chi connectivity index (χ4v) is 3.00. The van der Waals surface area contributed by atoms with Gasteiger partial charge in [-0.2, -0.15) is 5.26 Å². The van der Waals surface area contributed by atoms with E-state index in [0.29, 0.717) is 6.54 Å². The molecule has 1 amide bonds. The summed E-state index contributed by atoms with van der Waals surface area (Å²) in [5.41, 5.74) is 1.36. The molecule has 0 radical (unpaired) electrons. The molecule has 1 aromatic carbocycles. The average Bonchev–Trinajstić information content (AvgIpc) is 3.13. The lowest BCUT2D eigenvalue weighted by atomic mass is 10.1. The number of hydrogen-bond acceptors (Lipinski definition) is 6. The first kappa shape index (κ1) is 18.1. The molecule has 2 aliphatic rings. The van der Waals surface area contributed by atoms with Crippen LogP contribution in [-0.2, 0) is 11.3 Å². The largest absolute Gasteiger partial charge is 0.454 e. The molecule has 26 heavy (non-hydrogen) atoms. The van der Waals surface area contributed by atoms with Crippen molar-refractivity contribution < 1.29 is 14.3 Å². The Balaban J connectivity index is 1.51. The standard InChI is InChI=1S/C19H24N4O3/c1-2-5-21-19(24)16(11-20)13-23-8-6-22(7-9-23)12-15-3-4-17-18(10-15)26-14-25-17/h3-4,10,13H,2,5-9,12,14H2,1H3,(H,21,24)/b16-13-. The molecule has 7 heteroatoms. The van der Waals surface area contributed by atoms with Crippen LogP contribution in [0.3, 0.4) is 0 Å². The third-order valence-corrected chi connectivity index (χ3v) is 4.46. The zero-order chi connectivity index (χ0) is 18.4. The quantitative estimate of drug-likeness (QED) is 0.614. The van der Waals surface area contributed by atoms with Crippen molar-refractivity contribution >= 4 is 5.91 Å². The third-order valence-electron chi connectivity index (χ3n) is 4.46. The van der Waals surface area contributed by atoms with Gasteiger partial charge in [-0.1, -0.05) is 13.0 Å². The molecule has 1 fully saturated rings. The van der Waals surface area contributed by atoms with Crippen LogP contribution in [0.1, 0.15) is 18.9 Å². The number of carbonyl (C=O) groups is 1. The molecule has 3 rings (SSSR count). The van der Waals surface area contributed by atoms with E-state index in [1.54, 1.807) is 6.20 Å². The predicted molar refractivity (Wildman–Crippen MR) is 96.4 cm³/mol. The maximum atomic E-state index is 11.9. The molecule has 2 aliphatic heterocycles. The lowest BCUT2D eigenvalue weighted by Crippen LogP contribution is -2.44. The maximum absolute atomic E-state index is 11.9. The number of nitrogens with zero attached hydrogens (tertiary/aromatic N) is 3. The normalized spacial score (nSPS) is 17.1. The van der Waals surface area contributed by atoms with Crippen molar-refractivity contribution in [2.75, 3.05) is 39.5 Å². The van der Waals surface area contributed by atoms with Gasteiger partial charge in [0.15, 0.2) is 11.5 Å². The fraction of sp³-hybridized carbons (Fsp3) is 0.474. The summed E-state index contributed by atoms with van der Waals surface area (Å²) in [6, 6.07) is 8.04. The minimum atomic E-state index is -0.294. The molecule has 0 saturated carbocycles. The van der Waals surface area contributed by atoms with Crippen molar-refractivity contribution in [2.24, 2.45) is 0 Å². The van der Waals surface area contributed by atoms with Crippen molar-refractivity contribution in [1.82, 2.24) is 15.1 Å². The van der Waals surface area contributed by atoms with E-state index in [2.05, 4.69) is 16.3 Å². The number of rotatable bonds is 6. The highest BCUT2D eigenvalue weighted by atomic mass is 16.7. The summed E-state index contributed by atoms with van der Waals surface area (Å²) in [5, 5.41) is 12.0. The van der Waals surface area contributed by atoms with Gasteiger partial charge in [-0.05, 0) is 24.1 Å². The van der Waals surface area contributed by atoms with Gasteiger partial charge in [0.05, 0.1) is 0 Å². The second-order valence-corrected chi connectivity index (χ2v) is 6.41. The molecule has 0 aromatic heterocycles. The number of carbonyl (C=O) groups excluding carboxylic acids is 1. The van der Waals surface area contributed by atoms with E-state index in [1.165, 1.54) is 5.56 Å². The van der Waals surface area contributed by atoms with Gasteiger partial charge in [0.2, 0.25) is 6.79 Å². The summed E-state index contributed by atoms with van der Waals surface area (Å²) in [4.78, 5) is 16.3. The summed E-state index contributed by atoms with van der Waals surface area (Å²) in [6.45, 7) is 7.03. The van der Waals surface area contributed by atoms with E-state index in [0.717, 1.165) is 50.6 Å². The Bertz CT molecular complexity index is 718. The van der Waals surface area contributed by atoms with Crippen molar-refractivity contribution in [3.63, 3.8) is 0 Å². The molecule has 0 aliphatic carbocycles. The van der Waals surface area contributed by atoms with E-state index in [-0.39, 0.29) is 18.3 Å². The molecule has 0 unspecified atom stereocenters. The highest BCUT2D eigenvalue weighted by molar-refractivity contribution is 5.97. The number of fused-ring (bicyclic) bond motifs is 1. The molecular formula is C19H24N4O3. The van der Waals surface area contributed by atoms with E-state index in [9.17, 15) is 10.1 Å². The van der Waals surface area contributed by atoms with Crippen LogP contribution in [0.25, 0.3) is 0 Å². The number of nitrogens with one attached hydrogen (secondary N) is 1. The zero-order valence-corrected chi connectivity index (χ0v) is 15.0. The van der Waals surface area contributed by atoms with Crippen molar-refractivity contribution in [3.8, 4) is 17.6 Å². The molecule has 7 nitrogen and oxygen atoms in total. The molecule has 0 atom stereocenters. The smallest absolute Gasteiger partial charge is 0.263 e. The van der Waals surface area contributed by atoms with Gasteiger partial charge >= 0.3 is 0 Å². The number of nitriles is 1. The van der Waals surface area contributed by atoms with Gasteiger partial charge in [0, 0.05) is 45.5 Å². The second kappa shape index (κ2) is 8.59. The monoisotopic (exact) mass is 356 g/mol. The molecule has 0 bridgehead atoms. The lowest BCUT2D eigenvalue weighted by Gasteiger charge is -2.34. The second-order valence-electron chi connectivity index (χ2n) is 6.41. The highest BCUT2D eigenvalue weighted by Gasteiger charge is 2.19. The number of hydrogen-bond donors (Lipinski definition) is 1. The van der Waals surface area contributed by atoms with Gasteiger partial charge < -0.3 is 19.7 Å². The first-order valence-corrected chi connectivity index (χ1v) is 8.94. The van der Waals surface area contributed by atoms with Gasteiger partial charge in [-0.15, -0.1) is 0 Å². The Morgan fingerprint density at radius 2 is 2.04 bits per heavy atom. The SMILES string of the molecule is CCCNC(=O)/C(C#N)=C\N1CCN(Cc2ccc3c(c2)OCO3)CC1. The summed E-state index contributed by atoms with van der Waals surface area (Å²) in [6.07, 6.45) is 2.53. The Morgan fingerprint density at radius 1 is 1.27 bits per heavy atom. The molecule has 1 saturated heterocycles. The minimum Gasteiger partial charge on any atom is -0.454 e. The molecule has 1 N–H and O–H groups in total. The molecular weight excluding hydrogens is 332 g/mol. The van der Waals surface area contributed by atoms with Crippen molar-refractivity contribution in [3.05, 3.63) is 35.5 Å². The number of benzene rings is 1. The van der Waals surface area contributed by atoms with Crippen LogP contribution >= 0.6 is 0 Å². The van der Waals surface area contributed by atoms with Crippen LogP contribution in [0.5, 0.6) is 11.5 Å². The maximum Gasteiger partial charge on any atom is 0.263 e.